The molecule has 0 unspecified atom stereocenters. The number of carbonyl (C=O) groups excluding carboxylic acids is 1. The molecule has 156 valence electrons. The summed E-state index contributed by atoms with van der Waals surface area (Å²) in [6.45, 7) is 0.652. The van der Waals surface area contributed by atoms with Crippen LogP contribution in [-0.2, 0) is 21.4 Å². The van der Waals surface area contributed by atoms with Gasteiger partial charge in [0.1, 0.15) is 6.04 Å². The Kier molecular flexibility index (Phi) is 6.04. The van der Waals surface area contributed by atoms with Crippen LogP contribution >= 0.6 is 11.6 Å². The van der Waals surface area contributed by atoms with Gasteiger partial charge >= 0.3 is 0 Å². The highest BCUT2D eigenvalue weighted by molar-refractivity contribution is 7.89. The Labute approximate surface area is 180 Å². The molecular weight excluding hydrogens is 422 g/mol. The van der Waals surface area contributed by atoms with Crippen molar-refractivity contribution in [2.75, 3.05) is 6.54 Å². The molecule has 6 nitrogen and oxygen atoms in total. The smallest absolute Gasteiger partial charge is 0.244 e. The van der Waals surface area contributed by atoms with Crippen LogP contribution in [0.15, 0.2) is 65.7 Å². The minimum Gasteiger partial charge on any atom is -0.355 e. The lowest BCUT2D eigenvalue weighted by Crippen LogP contribution is -2.48. The van der Waals surface area contributed by atoms with Crippen molar-refractivity contribution in [1.29, 1.82) is 0 Å². The molecule has 0 spiro atoms. The van der Waals surface area contributed by atoms with Crippen molar-refractivity contribution in [3.63, 3.8) is 0 Å². The summed E-state index contributed by atoms with van der Waals surface area (Å²) >= 11 is 5.94. The number of rotatable bonds is 5. The molecule has 8 heteroatoms. The minimum atomic E-state index is -3.92. The van der Waals surface area contributed by atoms with E-state index >= 15 is 0 Å². The van der Waals surface area contributed by atoms with Gasteiger partial charge in [-0.15, -0.1) is 0 Å². The summed E-state index contributed by atoms with van der Waals surface area (Å²) in [5.41, 5.74) is 1.63. The fraction of sp³-hybridized carbons (Fsp3) is 0.273. The highest BCUT2D eigenvalue weighted by atomic mass is 35.5. The number of pyridine rings is 1. The number of sulfonamides is 1. The van der Waals surface area contributed by atoms with Crippen molar-refractivity contribution in [3.8, 4) is 0 Å². The second-order valence-corrected chi connectivity index (χ2v) is 9.66. The molecular formula is C22H22ClN3O3S. The SMILES string of the molecule is O=C1NCCCC[C@H]1N(Cc1ccc2ncccc2c1)S(=O)(=O)c1ccc(Cl)cc1. The summed E-state index contributed by atoms with van der Waals surface area (Å²) in [6.07, 6.45) is 3.80. The standard InChI is InChI=1S/C22H22ClN3O3S/c23-18-7-9-19(10-8-18)30(28,29)26(21-5-1-2-12-25-22(21)27)15-16-6-11-20-17(14-16)4-3-13-24-20/h3-4,6-11,13-14,21H,1-2,5,12,15H2,(H,25,27)/t21-/m1/s1. The van der Waals surface area contributed by atoms with Gasteiger partial charge < -0.3 is 5.32 Å². The lowest BCUT2D eigenvalue weighted by Gasteiger charge is -2.29. The molecule has 0 radical (unpaired) electrons. The number of carbonyl (C=O) groups is 1. The predicted molar refractivity (Wildman–Crippen MR) is 117 cm³/mol. The van der Waals surface area contributed by atoms with Gasteiger partial charge in [0.25, 0.3) is 0 Å². The highest BCUT2D eigenvalue weighted by Gasteiger charge is 2.36. The van der Waals surface area contributed by atoms with Crippen LogP contribution in [0.5, 0.6) is 0 Å². The Hall–Kier alpha value is -2.48. The van der Waals surface area contributed by atoms with Gasteiger partial charge in [0, 0.05) is 29.7 Å². The number of nitrogens with zero attached hydrogens (tertiary/aromatic N) is 2. The minimum absolute atomic E-state index is 0.0912. The maximum atomic E-state index is 13.6. The summed E-state index contributed by atoms with van der Waals surface area (Å²) in [5.74, 6) is -0.257. The van der Waals surface area contributed by atoms with Gasteiger partial charge in [-0.2, -0.15) is 4.31 Å². The quantitative estimate of drug-likeness (QED) is 0.651. The van der Waals surface area contributed by atoms with E-state index in [1.165, 1.54) is 16.4 Å². The average molecular weight is 444 g/mol. The molecule has 2 heterocycles. The number of halogens is 1. The van der Waals surface area contributed by atoms with Gasteiger partial charge in [-0.25, -0.2) is 8.42 Å². The molecule has 4 rings (SSSR count). The Morgan fingerprint density at radius 1 is 1.10 bits per heavy atom. The van der Waals surface area contributed by atoms with Crippen LogP contribution in [0.4, 0.5) is 0 Å². The number of hydrogen-bond acceptors (Lipinski definition) is 4. The van der Waals surface area contributed by atoms with Gasteiger partial charge in [0.15, 0.2) is 0 Å². The fourth-order valence-corrected chi connectivity index (χ4v) is 5.44. The first-order valence-electron chi connectivity index (χ1n) is 9.84. The van der Waals surface area contributed by atoms with Gasteiger partial charge in [0.2, 0.25) is 15.9 Å². The number of fused-ring (bicyclic) bond motifs is 1. The van der Waals surface area contributed by atoms with E-state index < -0.39 is 16.1 Å². The monoisotopic (exact) mass is 443 g/mol. The highest BCUT2D eigenvalue weighted by Crippen LogP contribution is 2.26. The molecule has 1 aliphatic heterocycles. The zero-order valence-electron chi connectivity index (χ0n) is 16.3. The lowest BCUT2D eigenvalue weighted by atomic mass is 10.1. The summed E-state index contributed by atoms with van der Waals surface area (Å²) in [7, 11) is -3.92. The van der Waals surface area contributed by atoms with Crippen LogP contribution in [0, 0.1) is 0 Å². The average Bonchev–Trinajstić information content (AvgIpc) is 2.96. The number of hydrogen-bond donors (Lipinski definition) is 1. The summed E-state index contributed by atoms with van der Waals surface area (Å²) in [6, 6.07) is 14.7. The maximum Gasteiger partial charge on any atom is 0.244 e. The molecule has 30 heavy (non-hydrogen) atoms. The zero-order chi connectivity index (χ0) is 21.1. The van der Waals surface area contributed by atoms with Crippen LogP contribution in [0.1, 0.15) is 24.8 Å². The second kappa shape index (κ2) is 8.71. The van der Waals surface area contributed by atoms with E-state index in [1.54, 1.807) is 18.3 Å². The number of aromatic nitrogens is 1. The van der Waals surface area contributed by atoms with E-state index in [9.17, 15) is 13.2 Å². The Morgan fingerprint density at radius 3 is 2.70 bits per heavy atom. The van der Waals surface area contributed by atoms with E-state index in [-0.39, 0.29) is 17.3 Å². The van der Waals surface area contributed by atoms with Crippen molar-refractivity contribution in [2.45, 2.75) is 36.7 Å². The normalized spacial score (nSPS) is 17.7. The molecule has 1 amide bonds. The molecule has 1 fully saturated rings. The first-order chi connectivity index (χ1) is 14.4. The third-order valence-corrected chi connectivity index (χ3v) is 7.40. The molecule has 0 aliphatic carbocycles. The maximum absolute atomic E-state index is 13.6. The number of nitrogens with one attached hydrogen (secondary N) is 1. The van der Waals surface area contributed by atoms with E-state index in [0.717, 1.165) is 29.3 Å². The van der Waals surface area contributed by atoms with Crippen LogP contribution in [0.2, 0.25) is 5.02 Å². The topological polar surface area (TPSA) is 79.4 Å². The van der Waals surface area contributed by atoms with Crippen molar-refractivity contribution < 1.29 is 13.2 Å². The first-order valence-corrected chi connectivity index (χ1v) is 11.7. The summed E-state index contributed by atoms with van der Waals surface area (Å²) in [4.78, 5) is 17.2. The molecule has 2 aromatic carbocycles. The largest absolute Gasteiger partial charge is 0.355 e. The van der Waals surface area contributed by atoms with Gasteiger partial charge in [0.05, 0.1) is 10.4 Å². The molecule has 0 bridgehead atoms. The van der Waals surface area contributed by atoms with Gasteiger partial charge in [-0.3, -0.25) is 9.78 Å². The number of benzene rings is 2. The van der Waals surface area contributed by atoms with Crippen LogP contribution < -0.4 is 5.32 Å². The van der Waals surface area contributed by atoms with Crippen molar-refractivity contribution in [3.05, 3.63) is 71.4 Å². The van der Waals surface area contributed by atoms with Crippen molar-refractivity contribution >= 4 is 38.4 Å². The van der Waals surface area contributed by atoms with Crippen LogP contribution in [0.3, 0.4) is 0 Å². The first kappa shape index (κ1) is 20.8. The van der Waals surface area contributed by atoms with Crippen molar-refractivity contribution in [2.24, 2.45) is 0 Å². The third kappa shape index (κ3) is 4.33. The molecule has 1 N–H and O–H groups in total. The van der Waals surface area contributed by atoms with E-state index in [2.05, 4.69) is 10.3 Å². The Bertz CT molecular complexity index is 1170. The van der Waals surface area contributed by atoms with Gasteiger partial charge in [-0.05, 0) is 67.3 Å². The summed E-state index contributed by atoms with van der Waals surface area (Å²) in [5, 5.41) is 4.22. The van der Waals surface area contributed by atoms with E-state index in [4.69, 9.17) is 11.6 Å². The van der Waals surface area contributed by atoms with E-state index in [0.29, 0.717) is 18.0 Å². The molecule has 1 saturated heterocycles. The molecule has 1 aliphatic rings. The Balaban J connectivity index is 1.75. The predicted octanol–water partition coefficient (Wildman–Crippen LogP) is 3.75. The second-order valence-electron chi connectivity index (χ2n) is 7.34. The molecule has 1 atom stereocenters. The lowest BCUT2D eigenvalue weighted by molar-refractivity contribution is -0.124. The van der Waals surface area contributed by atoms with Gasteiger partial charge in [-0.1, -0.05) is 23.7 Å². The van der Waals surface area contributed by atoms with Crippen LogP contribution in [0.25, 0.3) is 10.9 Å². The molecule has 3 aromatic rings. The Morgan fingerprint density at radius 2 is 1.90 bits per heavy atom. The zero-order valence-corrected chi connectivity index (χ0v) is 17.9. The van der Waals surface area contributed by atoms with Crippen molar-refractivity contribution in [1.82, 2.24) is 14.6 Å². The van der Waals surface area contributed by atoms with E-state index in [1.807, 2.05) is 30.3 Å². The fourth-order valence-electron chi connectivity index (χ4n) is 3.71. The third-order valence-electron chi connectivity index (χ3n) is 5.28. The molecule has 1 aromatic heterocycles. The molecule has 0 saturated carbocycles. The number of amides is 1. The van der Waals surface area contributed by atoms with Crippen LogP contribution in [-0.4, -0.2) is 36.2 Å². The summed E-state index contributed by atoms with van der Waals surface area (Å²) < 4.78 is 28.4.